The minimum absolute atomic E-state index is 0.192. The number of carbonyl (C=O) groups is 1. The van der Waals surface area contributed by atoms with Gasteiger partial charge in [0.25, 0.3) is 5.91 Å². The van der Waals surface area contributed by atoms with E-state index in [1.165, 1.54) is 21.7 Å². The van der Waals surface area contributed by atoms with Crippen LogP contribution in [0.1, 0.15) is 35.3 Å². The van der Waals surface area contributed by atoms with E-state index in [-0.39, 0.29) is 16.5 Å². The zero-order chi connectivity index (χ0) is 22.7. The lowest BCUT2D eigenvalue weighted by Gasteiger charge is -2.26. The summed E-state index contributed by atoms with van der Waals surface area (Å²) in [7, 11) is -1.97. The summed E-state index contributed by atoms with van der Waals surface area (Å²) in [6.07, 6.45) is 2.79. The molecule has 1 aliphatic rings. The highest BCUT2D eigenvalue weighted by Crippen LogP contribution is 2.28. The number of anilines is 1. The van der Waals surface area contributed by atoms with Crippen molar-refractivity contribution >= 4 is 33.0 Å². The van der Waals surface area contributed by atoms with Crippen molar-refractivity contribution in [2.45, 2.75) is 31.1 Å². The molecule has 2 aromatic carbocycles. The second-order valence-corrected chi connectivity index (χ2v) is 10.5. The number of hydrogen-bond donors (Lipinski definition) is 1. The molecule has 1 aromatic heterocycles. The van der Waals surface area contributed by atoms with E-state index in [0.29, 0.717) is 18.8 Å². The van der Waals surface area contributed by atoms with Gasteiger partial charge in [-0.2, -0.15) is 4.31 Å². The molecule has 0 atom stereocenters. The third-order valence-electron chi connectivity index (χ3n) is 5.48. The maximum absolute atomic E-state index is 13.0. The zero-order valence-electron chi connectivity index (χ0n) is 18.0. The van der Waals surface area contributed by atoms with Crippen molar-refractivity contribution < 1.29 is 17.9 Å². The smallest absolute Gasteiger partial charge is 0.275 e. The summed E-state index contributed by atoms with van der Waals surface area (Å²) in [5.41, 5.74) is 2.42. The Bertz CT molecular complexity index is 1210. The SMILES string of the molecule is COc1ccc(-c2nc(C(=O)Nc3cc(S(=O)(=O)N4CCCCC4)ccc3C)cs2)cc1. The van der Waals surface area contributed by atoms with Crippen LogP contribution in [0.5, 0.6) is 5.75 Å². The molecule has 1 fully saturated rings. The molecule has 1 N–H and O–H groups in total. The summed E-state index contributed by atoms with van der Waals surface area (Å²) in [5.74, 6) is 0.370. The van der Waals surface area contributed by atoms with Gasteiger partial charge in [-0.3, -0.25) is 4.79 Å². The number of thiazole rings is 1. The molecule has 2 heterocycles. The fraction of sp³-hybridized carbons (Fsp3) is 0.304. The quantitative estimate of drug-likeness (QED) is 0.570. The summed E-state index contributed by atoms with van der Waals surface area (Å²) >= 11 is 1.37. The number of sulfonamides is 1. The first kappa shape index (κ1) is 22.4. The van der Waals surface area contributed by atoms with Crippen LogP contribution in [-0.2, 0) is 10.0 Å². The Kier molecular flexibility index (Phi) is 6.59. The van der Waals surface area contributed by atoms with Crippen LogP contribution in [0.15, 0.2) is 52.7 Å². The molecule has 7 nitrogen and oxygen atoms in total. The molecule has 9 heteroatoms. The molecule has 168 valence electrons. The lowest BCUT2D eigenvalue weighted by atomic mass is 10.2. The van der Waals surface area contributed by atoms with E-state index < -0.39 is 10.0 Å². The predicted molar refractivity (Wildman–Crippen MR) is 126 cm³/mol. The average Bonchev–Trinajstić information content (AvgIpc) is 3.31. The summed E-state index contributed by atoms with van der Waals surface area (Å²) in [5, 5.41) is 5.24. The lowest BCUT2D eigenvalue weighted by Crippen LogP contribution is -2.35. The number of ether oxygens (including phenoxy) is 1. The van der Waals surface area contributed by atoms with Crippen molar-refractivity contribution in [3.05, 3.63) is 59.1 Å². The second kappa shape index (κ2) is 9.40. The number of aromatic nitrogens is 1. The van der Waals surface area contributed by atoms with Crippen molar-refractivity contribution in [1.29, 1.82) is 0 Å². The highest BCUT2D eigenvalue weighted by atomic mass is 32.2. The van der Waals surface area contributed by atoms with Gasteiger partial charge in [0.05, 0.1) is 12.0 Å². The van der Waals surface area contributed by atoms with E-state index in [1.54, 1.807) is 24.6 Å². The number of nitrogens with zero attached hydrogens (tertiary/aromatic N) is 2. The summed E-state index contributed by atoms with van der Waals surface area (Å²) in [6, 6.07) is 12.3. The highest BCUT2D eigenvalue weighted by molar-refractivity contribution is 7.89. The standard InChI is InChI=1S/C23H25N3O4S2/c1-16-6-11-19(32(28,29)26-12-4-3-5-13-26)14-20(16)24-22(27)21-15-31-23(25-21)17-7-9-18(30-2)10-8-17/h6-11,14-15H,3-5,12-13H2,1-2H3,(H,24,27). The monoisotopic (exact) mass is 471 g/mol. The first-order valence-electron chi connectivity index (χ1n) is 10.4. The molecule has 1 saturated heterocycles. The lowest BCUT2D eigenvalue weighted by molar-refractivity contribution is 0.102. The maximum Gasteiger partial charge on any atom is 0.275 e. The number of rotatable bonds is 6. The van der Waals surface area contributed by atoms with Crippen LogP contribution >= 0.6 is 11.3 Å². The molecule has 32 heavy (non-hydrogen) atoms. The summed E-state index contributed by atoms with van der Waals surface area (Å²) in [6.45, 7) is 2.90. The number of benzene rings is 2. The molecule has 0 unspecified atom stereocenters. The number of amides is 1. The Balaban J connectivity index is 1.53. The van der Waals surface area contributed by atoms with Gasteiger partial charge >= 0.3 is 0 Å². The second-order valence-electron chi connectivity index (χ2n) is 7.66. The van der Waals surface area contributed by atoms with E-state index in [0.717, 1.165) is 41.1 Å². The summed E-state index contributed by atoms with van der Waals surface area (Å²) < 4.78 is 32.7. The minimum Gasteiger partial charge on any atom is -0.497 e. The predicted octanol–water partition coefficient (Wildman–Crippen LogP) is 4.55. The molecule has 0 spiro atoms. The van der Waals surface area contributed by atoms with Crippen molar-refractivity contribution in [3.63, 3.8) is 0 Å². The van der Waals surface area contributed by atoms with Gasteiger partial charge < -0.3 is 10.1 Å². The molecule has 1 aliphatic heterocycles. The van der Waals surface area contributed by atoms with Crippen molar-refractivity contribution in [2.75, 3.05) is 25.5 Å². The van der Waals surface area contributed by atoms with Crippen LogP contribution in [0.4, 0.5) is 5.69 Å². The normalized spacial score (nSPS) is 14.8. The largest absolute Gasteiger partial charge is 0.497 e. The third-order valence-corrected chi connectivity index (χ3v) is 8.27. The van der Waals surface area contributed by atoms with Crippen molar-refractivity contribution in [2.24, 2.45) is 0 Å². The van der Waals surface area contributed by atoms with Gasteiger partial charge in [-0.25, -0.2) is 13.4 Å². The van der Waals surface area contributed by atoms with Gasteiger partial charge in [-0.1, -0.05) is 12.5 Å². The average molecular weight is 472 g/mol. The highest BCUT2D eigenvalue weighted by Gasteiger charge is 2.26. The Morgan fingerprint density at radius 2 is 1.81 bits per heavy atom. The van der Waals surface area contributed by atoms with E-state index in [1.807, 2.05) is 31.2 Å². The fourth-order valence-electron chi connectivity index (χ4n) is 3.58. The van der Waals surface area contributed by atoms with Gasteiger partial charge in [0.15, 0.2) is 0 Å². The van der Waals surface area contributed by atoms with E-state index >= 15 is 0 Å². The van der Waals surface area contributed by atoms with Crippen LogP contribution in [0.2, 0.25) is 0 Å². The van der Waals surface area contributed by atoms with E-state index in [9.17, 15) is 13.2 Å². The van der Waals surface area contributed by atoms with E-state index in [4.69, 9.17) is 4.74 Å². The van der Waals surface area contributed by atoms with Crippen molar-refractivity contribution in [1.82, 2.24) is 9.29 Å². The first-order chi connectivity index (χ1) is 15.4. The Morgan fingerprint density at radius 3 is 2.50 bits per heavy atom. The Hall–Kier alpha value is -2.75. The molecule has 4 rings (SSSR count). The molecule has 0 saturated carbocycles. The van der Waals surface area contributed by atoms with Crippen LogP contribution in [0.25, 0.3) is 10.6 Å². The first-order valence-corrected chi connectivity index (χ1v) is 12.7. The molecule has 0 aliphatic carbocycles. The fourth-order valence-corrected chi connectivity index (χ4v) is 5.93. The van der Waals surface area contributed by atoms with E-state index in [2.05, 4.69) is 10.3 Å². The minimum atomic E-state index is -3.58. The number of carbonyl (C=O) groups excluding carboxylic acids is 1. The number of nitrogens with one attached hydrogen (secondary N) is 1. The Labute approximate surface area is 192 Å². The zero-order valence-corrected chi connectivity index (χ0v) is 19.6. The van der Waals surface area contributed by atoms with Crippen LogP contribution in [-0.4, -0.2) is 43.8 Å². The number of methoxy groups -OCH3 is 1. The molecule has 3 aromatic rings. The van der Waals surface area contributed by atoms with Crippen LogP contribution < -0.4 is 10.1 Å². The molecular formula is C23H25N3O4S2. The van der Waals surface area contributed by atoms with Gasteiger partial charge in [0.2, 0.25) is 10.0 Å². The van der Waals surface area contributed by atoms with Gasteiger partial charge in [-0.05, 0) is 61.7 Å². The Morgan fingerprint density at radius 1 is 1.09 bits per heavy atom. The molecule has 0 radical (unpaired) electrons. The number of piperidine rings is 1. The molecule has 1 amide bonds. The van der Waals surface area contributed by atoms with Gasteiger partial charge in [-0.15, -0.1) is 11.3 Å². The van der Waals surface area contributed by atoms with Crippen LogP contribution in [0, 0.1) is 6.92 Å². The third kappa shape index (κ3) is 4.69. The molecule has 0 bridgehead atoms. The number of hydrogen-bond acceptors (Lipinski definition) is 6. The van der Waals surface area contributed by atoms with Crippen LogP contribution in [0.3, 0.4) is 0 Å². The maximum atomic E-state index is 13.0. The summed E-state index contributed by atoms with van der Waals surface area (Å²) in [4.78, 5) is 17.5. The number of aryl methyl sites for hydroxylation is 1. The topological polar surface area (TPSA) is 88.6 Å². The molecular weight excluding hydrogens is 446 g/mol. The van der Waals surface area contributed by atoms with Gasteiger partial charge in [0.1, 0.15) is 16.5 Å². The van der Waals surface area contributed by atoms with Gasteiger partial charge in [0, 0.05) is 29.7 Å². The van der Waals surface area contributed by atoms with Crippen molar-refractivity contribution in [3.8, 4) is 16.3 Å².